The normalized spacial score (nSPS) is 55.9. The molecular formula is C29H41FO6. The van der Waals surface area contributed by atoms with Crippen LogP contribution in [0.2, 0.25) is 0 Å². The average molecular weight is 505 g/mol. The Labute approximate surface area is 213 Å². The van der Waals surface area contributed by atoms with Gasteiger partial charge in [0.15, 0.2) is 17.7 Å². The van der Waals surface area contributed by atoms with Crippen LogP contribution >= 0.6 is 0 Å². The molecule has 0 radical (unpaired) electrons. The van der Waals surface area contributed by atoms with Crippen molar-refractivity contribution < 1.29 is 33.3 Å². The summed E-state index contributed by atoms with van der Waals surface area (Å²) in [6.07, 6.45) is 5.63. The molecule has 0 bridgehead atoms. The molecule has 0 unspecified atom stereocenters. The van der Waals surface area contributed by atoms with Crippen molar-refractivity contribution in [1.29, 1.82) is 0 Å². The molecule has 0 amide bonds. The molecule has 6 rings (SSSR count). The van der Waals surface area contributed by atoms with Crippen LogP contribution in [0.5, 0.6) is 0 Å². The Kier molecular flexibility index (Phi) is 5.46. The summed E-state index contributed by atoms with van der Waals surface area (Å²) in [5, 5.41) is 11.9. The maximum atomic E-state index is 15.5. The van der Waals surface area contributed by atoms with Crippen molar-refractivity contribution in [1.82, 2.24) is 0 Å². The maximum absolute atomic E-state index is 15.5. The quantitative estimate of drug-likeness (QED) is 0.520. The summed E-state index contributed by atoms with van der Waals surface area (Å²) in [5.41, 5.74) is 0.275. The van der Waals surface area contributed by atoms with E-state index in [4.69, 9.17) is 14.2 Å². The lowest BCUT2D eigenvalue weighted by molar-refractivity contribution is -0.351. The molecule has 3 saturated carbocycles. The van der Waals surface area contributed by atoms with Crippen molar-refractivity contribution in [3.05, 3.63) is 11.6 Å². The minimum absolute atomic E-state index is 0.0377. The Hall–Kier alpha value is -1.31. The van der Waals surface area contributed by atoms with Gasteiger partial charge in [0.25, 0.3) is 0 Å². The van der Waals surface area contributed by atoms with Gasteiger partial charge in [-0.15, -0.1) is 0 Å². The van der Waals surface area contributed by atoms with Gasteiger partial charge < -0.3 is 19.3 Å². The molecule has 1 spiro atoms. The first-order valence-corrected chi connectivity index (χ1v) is 14.0. The van der Waals surface area contributed by atoms with Crippen molar-refractivity contribution in [2.45, 2.75) is 103 Å². The highest BCUT2D eigenvalue weighted by atomic mass is 19.1. The first-order chi connectivity index (χ1) is 16.8. The van der Waals surface area contributed by atoms with Gasteiger partial charge in [0, 0.05) is 30.6 Å². The molecule has 4 aliphatic carbocycles. The van der Waals surface area contributed by atoms with E-state index >= 15 is 4.39 Å². The lowest BCUT2D eigenvalue weighted by atomic mass is 9.48. The van der Waals surface area contributed by atoms with Crippen molar-refractivity contribution in [2.75, 3.05) is 6.61 Å². The molecule has 5 fully saturated rings. The fourth-order valence-corrected chi connectivity index (χ4v) is 9.79. The molecule has 6 nitrogen and oxygen atoms in total. The third-order valence-electron chi connectivity index (χ3n) is 11.5. The number of ketones is 1. The van der Waals surface area contributed by atoms with E-state index in [0.29, 0.717) is 25.4 Å². The number of carbonyl (C=O) groups excluding carboxylic acids is 2. The number of rotatable bonds is 1. The van der Waals surface area contributed by atoms with Crippen LogP contribution in [-0.2, 0) is 23.8 Å². The van der Waals surface area contributed by atoms with Gasteiger partial charge in [-0.2, -0.15) is 0 Å². The molecule has 12 atom stereocenters. The number of ether oxygens (including phenoxy) is 3. The van der Waals surface area contributed by atoms with E-state index in [1.54, 1.807) is 0 Å². The van der Waals surface area contributed by atoms with Gasteiger partial charge in [-0.3, -0.25) is 9.59 Å². The predicted molar refractivity (Wildman–Crippen MR) is 129 cm³/mol. The zero-order chi connectivity index (χ0) is 25.8. The molecule has 7 heteroatoms. The molecule has 36 heavy (non-hydrogen) atoms. The van der Waals surface area contributed by atoms with Gasteiger partial charge in [-0.1, -0.05) is 33.3 Å². The summed E-state index contributed by atoms with van der Waals surface area (Å²) in [5.74, 6) is -3.62. The van der Waals surface area contributed by atoms with Crippen LogP contribution in [0.1, 0.15) is 79.6 Å². The maximum Gasteiger partial charge on any atom is 0.302 e. The molecule has 2 aliphatic heterocycles. The van der Waals surface area contributed by atoms with E-state index in [2.05, 4.69) is 6.92 Å². The Balaban J connectivity index is 1.33. The van der Waals surface area contributed by atoms with Crippen LogP contribution in [0, 0.1) is 46.3 Å². The predicted octanol–water partition coefficient (Wildman–Crippen LogP) is 4.73. The number of hydrogen-bond donors (Lipinski definition) is 1. The topological polar surface area (TPSA) is 82.1 Å². The number of allylic oxidation sites excluding steroid dienone is 2. The Morgan fingerprint density at radius 2 is 1.94 bits per heavy atom. The van der Waals surface area contributed by atoms with Crippen LogP contribution in [0.15, 0.2) is 11.6 Å². The van der Waals surface area contributed by atoms with E-state index in [-0.39, 0.29) is 41.0 Å². The summed E-state index contributed by atoms with van der Waals surface area (Å²) in [4.78, 5) is 25.6. The fraction of sp³-hybridized carbons (Fsp3) is 0.862. The van der Waals surface area contributed by atoms with Crippen molar-refractivity contribution in [3.63, 3.8) is 0 Å². The lowest BCUT2D eigenvalue weighted by Gasteiger charge is -2.56. The third kappa shape index (κ3) is 3.11. The summed E-state index contributed by atoms with van der Waals surface area (Å²) in [6, 6.07) is 0. The molecule has 2 heterocycles. The zero-order valence-electron chi connectivity index (χ0n) is 22.2. The number of esters is 1. The lowest BCUT2D eigenvalue weighted by Crippen LogP contribution is -2.56. The second kappa shape index (κ2) is 7.86. The Morgan fingerprint density at radius 1 is 1.19 bits per heavy atom. The number of alkyl halides is 1. The van der Waals surface area contributed by atoms with Crippen LogP contribution in [0.25, 0.3) is 0 Å². The third-order valence-corrected chi connectivity index (χ3v) is 11.5. The van der Waals surface area contributed by atoms with E-state index < -0.39 is 35.0 Å². The number of aliphatic hydroxyl groups is 1. The standard InChI is InChI=1S/C29H41FO6/c1-15-10-23(30)29(34-14-15)16(2)25-27(5)22(13-28(25,33)36-29)20-7-6-18-11-19(35-17(3)31)8-9-26(18,4)21(20)12-24(27)32/h12,15-16,18-20,22-23,25,33H,6-11,13-14H2,1-5H3/t15-,16+,18+,19+,20-,22+,23-,25-,26+,27-,28+,29-/m1/s1. The van der Waals surface area contributed by atoms with Crippen LogP contribution in [0.4, 0.5) is 4.39 Å². The van der Waals surface area contributed by atoms with E-state index in [0.717, 1.165) is 32.1 Å². The van der Waals surface area contributed by atoms with Gasteiger partial charge in [-0.25, -0.2) is 4.39 Å². The van der Waals surface area contributed by atoms with Crippen LogP contribution in [0.3, 0.4) is 0 Å². The second-order valence-corrected chi connectivity index (χ2v) is 13.4. The highest BCUT2D eigenvalue weighted by Gasteiger charge is 2.77. The van der Waals surface area contributed by atoms with E-state index in [9.17, 15) is 14.7 Å². The minimum atomic E-state index is -1.58. The van der Waals surface area contributed by atoms with Gasteiger partial charge in [0.05, 0.1) is 6.61 Å². The smallest absolute Gasteiger partial charge is 0.302 e. The number of hydrogen-bond acceptors (Lipinski definition) is 6. The Bertz CT molecular complexity index is 1010. The monoisotopic (exact) mass is 504 g/mol. The summed E-state index contributed by atoms with van der Waals surface area (Å²) in [7, 11) is 0. The first kappa shape index (κ1) is 25.0. The van der Waals surface area contributed by atoms with Crippen LogP contribution in [-0.4, -0.2) is 47.3 Å². The van der Waals surface area contributed by atoms with Crippen molar-refractivity contribution in [2.24, 2.45) is 46.3 Å². The molecule has 2 saturated heterocycles. The SMILES string of the molecule is CC(=O)O[C@H]1CC[C@]2(C)C3=CC(=O)[C@]4(C)[C@H]5[C@H](C)[C@@]6(OC[C@H](C)C[C@H]6F)O[C@@]5(O)C[C@H]4[C@@H]3CC[C@H]2C1. The molecule has 6 aliphatic rings. The molecule has 0 aromatic carbocycles. The average Bonchev–Trinajstić information content (AvgIpc) is 3.17. The summed E-state index contributed by atoms with van der Waals surface area (Å²) in [6.45, 7) is 9.98. The van der Waals surface area contributed by atoms with Crippen LogP contribution < -0.4 is 0 Å². The van der Waals surface area contributed by atoms with Gasteiger partial charge >= 0.3 is 5.97 Å². The second-order valence-electron chi connectivity index (χ2n) is 13.4. The largest absolute Gasteiger partial charge is 0.463 e. The number of carbonyl (C=O) groups is 2. The highest BCUT2D eigenvalue weighted by molar-refractivity contribution is 5.97. The minimum Gasteiger partial charge on any atom is -0.463 e. The summed E-state index contributed by atoms with van der Waals surface area (Å²) >= 11 is 0. The Morgan fingerprint density at radius 3 is 2.64 bits per heavy atom. The van der Waals surface area contributed by atoms with Gasteiger partial charge in [0.1, 0.15) is 6.10 Å². The zero-order valence-corrected chi connectivity index (χ0v) is 22.2. The van der Waals surface area contributed by atoms with E-state index in [1.165, 1.54) is 12.5 Å². The number of fused-ring (bicyclic) bond motifs is 7. The van der Waals surface area contributed by atoms with Gasteiger partial charge in [0.2, 0.25) is 5.79 Å². The highest BCUT2D eigenvalue weighted by Crippen LogP contribution is 2.71. The van der Waals surface area contributed by atoms with E-state index in [1.807, 2.05) is 26.8 Å². The molecule has 1 N–H and O–H groups in total. The summed E-state index contributed by atoms with van der Waals surface area (Å²) < 4.78 is 33.4. The molecular weight excluding hydrogens is 463 g/mol. The molecule has 0 aromatic rings. The first-order valence-electron chi connectivity index (χ1n) is 14.0. The molecule has 0 aromatic heterocycles. The fourth-order valence-electron chi connectivity index (χ4n) is 9.79. The number of halogens is 1. The van der Waals surface area contributed by atoms with Crippen molar-refractivity contribution in [3.8, 4) is 0 Å². The van der Waals surface area contributed by atoms with Crippen molar-refractivity contribution >= 4 is 11.8 Å². The molecule has 200 valence electrons. The van der Waals surface area contributed by atoms with Gasteiger partial charge in [-0.05, 0) is 73.7 Å².